The molecule has 3 rings (SSSR count). The van der Waals surface area contributed by atoms with Crippen molar-refractivity contribution in [3.8, 4) is 0 Å². The van der Waals surface area contributed by atoms with Gasteiger partial charge >= 0.3 is 0 Å². The lowest BCUT2D eigenvalue weighted by atomic mass is 9.97. The van der Waals surface area contributed by atoms with Crippen LogP contribution in [0.15, 0.2) is 22.8 Å². The molecular weight excluding hydrogens is 346 g/mol. The summed E-state index contributed by atoms with van der Waals surface area (Å²) in [4.78, 5) is 12.3. The largest absolute Gasteiger partial charge is 0.391 e. The van der Waals surface area contributed by atoms with Crippen molar-refractivity contribution in [2.24, 2.45) is 0 Å². The van der Waals surface area contributed by atoms with Gasteiger partial charge in [-0.05, 0) is 53.9 Å². The van der Waals surface area contributed by atoms with Gasteiger partial charge < -0.3 is 10.4 Å². The quantitative estimate of drug-likeness (QED) is 0.871. The van der Waals surface area contributed by atoms with E-state index in [-0.39, 0.29) is 18.4 Å². The number of hydrogen-bond donors (Lipinski definition) is 2. The van der Waals surface area contributed by atoms with Crippen molar-refractivity contribution >= 4 is 32.6 Å². The van der Waals surface area contributed by atoms with Crippen molar-refractivity contribution in [3.05, 3.63) is 28.4 Å². The lowest BCUT2D eigenvalue weighted by Crippen LogP contribution is -2.46. The normalized spacial score (nSPS) is 22.1. The van der Waals surface area contributed by atoms with Crippen LogP contribution in [0.5, 0.6) is 0 Å². The number of carbonyl (C=O) groups excluding carboxylic acids is 1. The second-order valence-corrected chi connectivity index (χ2v) is 6.74. The van der Waals surface area contributed by atoms with Gasteiger partial charge in [0.15, 0.2) is 5.78 Å². The fraction of sp³-hybridized carbons (Fsp3) is 0.500. The second-order valence-electron chi connectivity index (χ2n) is 5.94. The van der Waals surface area contributed by atoms with Crippen LogP contribution in [-0.4, -0.2) is 39.4 Å². The lowest BCUT2D eigenvalue weighted by molar-refractivity contribution is -0.121. The molecule has 0 aliphatic carbocycles. The molecule has 0 unspecified atom stereocenters. The molecule has 118 valence electrons. The number of piperidine rings is 1. The summed E-state index contributed by atoms with van der Waals surface area (Å²) in [6, 6.07) is 3.88. The van der Waals surface area contributed by atoms with Crippen molar-refractivity contribution in [3.63, 3.8) is 0 Å². The van der Waals surface area contributed by atoms with Crippen molar-refractivity contribution in [1.29, 1.82) is 0 Å². The molecule has 2 aromatic rings. The standard InChI is InChI=1S/C16H20BrN3O2/c1-10-4-5-14-12(16(10)17)8-19-20(14)9-11(21)7-13-15(22)3-2-6-18-13/h4-5,8,13,15,18,22H,2-3,6-7,9H2,1H3/t13-,15+/m1/s1. The Morgan fingerprint density at radius 2 is 2.36 bits per heavy atom. The molecule has 5 nitrogen and oxygen atoms in total. The number of nitrogens with one attached hydrogen (secondary N) is 1. The fourth-order valence-electron chi connectivity index (χ4n) is 2.98. The maximum atomic E-state index is 12.3. The van der Waals surface area contributed by atoms with E-state index in [4.69, 9.17) is 0 Å². The van der Waals surface area contributed by atoms with E-state index in [1.165, 1.54) is 0 Å². The first kappa shape index (κ1) is 15.6. The van der Waals surface area contributed by atoms with Crippen LogP contribution in [-0.2, 0) is 11.3 Å². The number of Topliss-reactive ketones (excluding diaryl/α,β-unsaturated/α-hetero) is 1. The van der Waals surface area contributed by atoms with E-state index in [1.807, 2.05) is 19.1 Å². The van der Waals surface area contributed by atoms with Crippen LogP contribution in [0.2, 0.25) is 0 Å². The van der Waals surface area contributed by atoms with Gasteiger partial charge in [-0.15, -0.1) is 0 Å². The monoisotopic (exact) mass is 365 g/mol. The predicted octanol–water partition coefficient (Wildman–Crippen LogP) is 2.18. The van der Waals surface area contributed by atoms with Crippen molar-refractivity contribution in [1.82, 2.24) is 15.1 Å². The van der Waals surface area contributed by atoms with Crippen molar-refractivity contribution in [2.75, 3.05) is 6.54 Å². The number of rotatable bonds is 4. The number of hydrogen-bond acceptors (Lipinski definition) is 4. The van der Waals surface area contributed by atoms with Gasteiger partial charge in [-0.3, -0.25) is 9.48 Å². The Balaban J connectivity index is 1.73. The van der Waals surface area contributed by atoms with Crippen LogP contribution in [0.1, 0.15) is 24.8 Å². The maximum Gasteiger partial charge on any atom is 0.155 e. The molecule has 2 N–H and O–H groups in total. The Bertz CT molecular complexity index is 698. The molecule has 1 aromatic carbocycles. The number of ketones is 1. The van der Waals surface area contributed by atoms with E-state index < -0.39 is 6.10 Å². The Morgan fingerprint density at radius 1 is 1.55 bits per heavy atom. The molecule has 2 heterocycles. The molecule has 1 fully saturated rings. The van der Waals surface area contributed by atoms with Gasteiger partial charge in [-0.25, -0.2) is 0 Å². The summed E-state index contributed by atoms with van der Waals surface area (Å²) in [5.74, 6) is 0.0835. The highest BCUT2D eigenvalue weighted by atomic mass is 79.9. The van der Waals surface area contributed by atoms with Crippen LogP contribution >= 0.6 is 15.9 Å². The molecule has 1 aliphatic heterocycles. The Kier molecular flexibility index (Phi) is 4.61. The molecule has 0 saturated carbocycles. The van der Waals surface area contributed by atoms with Crippen LogP contribution < -0.4 is 5.32 Å². The summed E-state index contributed by atoms with van der Waals surface area (Å²) in [6.07, 6.45) is 3.43. The molecule has 2 atom stereocenters. The predicted molar refractivity (Wildman–Crippen MR) is 88.8 cm³/mol. The topological polar surface area (TPSA) is 67.2 Å². The number of fused-ring (bicyclic) bond motifs is 1. The van der Waals surface area contributed by atoms with Crippen molar-refractivity contribution < 1.29 is 9.90 Å². The minimum atomic E-state index is -0.427. The third-order valence-corrected chi connectivity index (χ3v) is 5.33. The Morgan fingerprint density at radius 3 is 3.14 bits per heavy atom. The van der Waals surface area contributed by atoms with E-state index in [1.54, 1.807) is 10.9 Å². The minimum absolute atomic E-state index is 0.0835. The van der Waals surface area contributed by atoms with Gasteiger partial charge in [-0.2, -0.15) is 5.10 Å². The Labute approximate surface area is 137 Å². The average molecular weight is 366 g/mol. The van der Waals surface area contributed by atoms with E-state index in [0.29, 0.717) is 6.42 Å². The fourth-order valence-corrected chi connectivity index (χ4v) is 3.41. The number of aryl methyl sites for hydroxylation is 1. The summed E-state index contributed by atoms with van der Waals surface area (Å²) >= 11 is 3.57. The molecule has 0 bridgehead atoms. The van der Waals surface area contributed by atoms with Gasteiger partial charge in [0.05, 0.1) is 17.8 Å². The molecule has 0 spiro atoms. The highest BCUT2D eigenvalue weighted by Crippen LogP contribution is 2.27. The molecule has 1 aromatic heterocycles. The second kappa shape index (κ2) is 6.48. The van der Waals surface area contributed by atoms with Gasteiger partial charge in [0, 0.05) is 22.3 Å². The van der Waals surface area contributed by atoms with Gasteiger partial charge in [0.2, 0.25) is 0 Å². The number of halogens is 1. The summed E-state index contributed by atoms with van der Waals surface area (Å²) in [5.41, 5.74) is 2.09. The zero-order valence-corrected chi connectivity index (χ0v) is 14.1. The van der Waals surface area contributed by atoms with E-state index in [0.717, 1.165) is 40.3 Å². The molecular formula is C16H20BrN3O2. The molecule has 1 aliphatic rings. The number of carbonyl (C=O) groups is 1. The zero-order chi connectivity index (χ0) is 15.7. The third kappa shape index (κ3) is 3.09. The first-order chi connectivity index (χ1) is 10.6. The SMILES string of the molecule is Cc1ccc2c(cnn2CC(=O)C[C@H]2NCCC[C@@H]2O)c1Br. The van der Waals surface area contributed by atoms with Crippen molar-refractivity contribution in [2.45, 2.75) is 44.9 Å². The number of aliphatic hydroxyl groups excluding tert-OH is 1. The summed E-state index contributed by atoms with van der Waals surface area (Å²) < 4.78 is 2.75. The zero-order valence-electron chi connectivity index (χ0n) is 12.6. The number of aromatic nitrogens is 2. The van der Waals surface area contributed by atoms with Crippen LogP contribution in [0.4, 0.5) is 0 Å². The Hall–Kier alpha value is -1.24. The van der Waals surface area contributed by atoms with E-state index in [9.17, 15) is 9.90 Å². The number of aliphatic hydroxyl groups is 1. The van der Waals surface area contributed by atoms with Crippen LogP contribution in [0, 0.1) is 6.92 Å². The van der Waals surface area contributed by atoms with Crippen LogP contribution in [0.25, 0.3) is 10.9 Å². The van der Waals surface area contributed by atoms with Gasteiger partial charge in [0.1, 0.15) is 6.54 Å². The molecule has 1 saturated heterocycles. The summed E-state index contributed by atoms with van der Waals surface area (Å²) in [5, 5.41) is 18.5. The number of nitrogens with zero attached hydrogens (tertiary/aromatic N) is 2. The minimum Gasteiger partial charge on any atom is -0.391 e. The lowest BCUT2D eigenvalue weighted by Gasteiger charge is -2.28. The van der Waals surface area contributed by atoms with Crippen LogP contribution in [0.3, 0.4) is 0 Å². The molecule has 0 radical (unpaired) electrons. The first-order valence-corrected chi connectivity index (χ1v) is 8.39. The smallest absolute Gasteiger partial charge is 0.155 e. The van der Waals surface area contributed by atoms with Gasteiger partial charge in [-0.1, -0.05) is 6.07 Å². The highest BCUT2D eigenvalue weighted by molar-refractivity contribution is 9.10. The maximum absolute atomic E-state index is 12.3. The first-order valence-electron chi connectivity index (χ1n) is 7.60. The summed E-state index contributed by atoms with van der Waals surface area (Å²) in [6.45, 7) is 3.14. The molecule has 6 heteroatoms. The molecule has 22 heavy (non-hydrogen) atoms. The highest BCUT2D eigenvalue weighted by Gasteiger charge is 2.25. The molecule has 0 amide bonds. The third-order valence-electron chi connectivity index (χ3n) is 4.28. The van der Waals surface area contributed by atoms with E-state index >= 15 is 0 Å². The average Bonchev–Trinajstić information content (AvgIpc) is 2.89. The van der Waals surface area contributed by atoms with Gasteiger partial charge in [0.25, 0.3) is 0 Å². The number of benzene rings is 1. The summed E-state index contributed by atoms with van der Waals surface area (Å²) in [7, 11) is 0. The van der Waals surface area contributed by atoms with E-state index in [2.05, 4.69) is 26.3 Å².